The maximum Gasteiger partial charge on any atom is 0.264 e. The molecule has 162 valence electrons. The van der Waals surface area contributed by atoms with Crippen molar-refractivity contribution in [2.75, 3.05) is 24.3 Å². The van der Waals surface area contributed by atoms with Crippen LogP contribution >= 0.6 is 12.2 Å². The highest BCUT2D eigenvalue weighted by Crippen LogP contribution is 2.28. The normalized spacial score (nSPS) is 10.8. The van der Waals surface area contributed by atoms with Crippen LogP contribution in [0.2, 0.25) is 0 Å². The second-order valence-electron chi connectivity index (χ2n) is 6.49. The van der Waals surface area contributed by atoms with E-state index in [2.05, 4.69) is 15.4 Å². The van der Waals surface area contributed by atoms with Crippen molar-refractivity contribution in [3.05, 3.63) is 78.4 Å². The highest BCUT2D eigenvalue weighted by Gasteiger charge is 2.21. The van der Waals surface area contributed by atoms with Crippen LogP contribution in [0.25, 0.3) is 0 Å². The fraction of sp³-hybridized carbons (Fsp3) is 0.136. The van der Waals surface area contributed by atoms with Gasteiger partial charge in [0.05, 0.1) is 19.9 Å². The Hall–Kier alpha value is -3.30. The summed E-state index contributed by atoms with van der Waals surface area (Å²) in [5.74, 6) is 1.03. The number of ether oxygens (including phenoxy) is 2. The summed E-state index contributed by atoms with van der Waals surface area (Å²) >= 11 is 5.35. The fourth-order valence-electron chi connectivity index (χ4n) is 2.77. The van der Waals surface area contributed by atoms with Crippen molar-refractivity contribution in [3.8, 4) is 11.5 Å². The van der Waals surface area contributed by atoms with Gasteiger partial charge in [-0.25, -0.2) is 8.42 Å². The zero-order valence-corrected chi connectivity index (χ0v) is 18.7. The second kappa shape index (κ2) is 10.1. The van der Waals surface area contributed by atoms with Gasteiger partial charge in [-0.1, -0.05) is 30.3 Å². The van der Waals surface area contributed by atoms with E-state index in [4.69, 9.17) is 21.7 Å². The van der Waals surface area contributed by atoms with Crippen LogP contribution < -0.4 is 24.8 Å². The second-order valence-corrected chi connectivity index (χ2v) is 8.55. The first kappa shape index (κ1) is 22.4. The van der Waals surface area contributed by atoms with Gasteiger partial charge in [0.25, 0.3) is 10.0 Å². The van der Waals surface area contributed by atoms with Gasteiger partial charge in [0, 0.05) is 18.3 Å². The molecule has 3 aromatic rings. The average Bonchev–Trinajstić information content (AvgIpc) is 2.79. The number of anilines is 2. The minimum Gasteiger partial charge on any atom is -0.497 e. The van der Waals surface area contributed by atoms with Gasteiger partial charge in [0.15, 0.2) is 5.11 Å². The number of thiocarbonyl (C=S) groups is 1. The molecule has 0 unspecified atom stereocenters. The predicted molar refractivity (Wildman–Crippen MR) is 126 cm³/mol. The van der Waals surface area contributed by atoms with Crippen LogP contribution in [0.1, 0.15) is 5.56 Å². The van der Waals surface area contributed by atoms with Gasteiger partial charge in [-0.2, -0.15) is 0 Å². The largest absolute Gasteiger partial charge is 0.497 e. The summed E-state index contributed by atoms with van der Waals surface area (Å²) in [6.45, 7) is 0.509. The smallest absolute Gasteiger partial charge is 0.264 e. The highest BCUT2D eigenvalue weighted by atomic mass is 32.2. The van der Waals surface area contributed by atoms with E-state index in [-0.39, 0.29) is 4.90 Å². The van der Waals surface area contributed by atoms with Crippen molar-refractivity contribution >= 4 is 38.7 Å². The summed E-state index contributed by atoms with van der Waals surface area (Å²) in [6.07, 6.45) is 0. The Morgan fingerprint density at radius 2 is 1.55 bits per heavy atom. The first-order valence-corrected chi connectivity index (χ1v) is 11.2. The van der Waals surface area contributed by atoms with Crippen molar-refractivity contribution in [3.63, 3.8) is 0 Å². The first-order chi connectivity index (χ1) is 14.9. The predicted octanol–water partition coefficient (Wildman–Crippen LogP) is 3.99. The van der Waals surface area contributed by atoms with Gasteiger partial charge in [-0.3, -0.25) is 4.72 Å². The number of hydrogen-bond acceptors (Lipinski definition) is 5. The quantitative estimate of drug-likeness (QED) is 0.441. The summed E-state index contributed by atoms with van der Waals surface area (Å²) in [6, 6.07) is 21.0. The average molecular weight is 458 g/mol. The fourth-order valence-corrected chi connectivity index (χ4v) is 4.19. The molecule has 3 rings (SSSR count). The van der Waals surface area contributed by atoms with E-state index < -0.39 is 10.0 Å². The number of sulfonamides is 1. The summed E-state index contributed by atoms with van der Waals surface area (Å²) in [5, 5.41) is 6.35. The molecule has 0 heterocycles. The molecular formula is C22H23N3O4S2. The van der Waals surface area contributed by atoms with E-state index in [1.807, 2.05) is 30.3 Å². The third kappa shape index (κ3) is 6.09. The Bertz CT molecular complexity index is 1140. The molecule has 0 amide bonds. The zero-order chi connectivity index (χ0) is 22.3. The Morgan fingerprint density at radius 1 is 0.903 bits per heavy atom. The SMILES string of the molecule is COc1ccc(NS(=O)(=O)c2cc(OC)ccc2NC(=S)NCc2ccccc2)cc1. The van der Waals surface area contributed by atoms with Crippen molar-refractivity contribution in [2.45, 2.75) is 11.4 Å². The molecule has 0 aliphatic carbocycles. The first-order valence-electron chi connectivity index (χ1n) is 9.35. The number of benzene rings is 3. The van der Waals surface area contributed by atoms with E-state index in [0.29, 0.717) is 34.5 Å². The van der Waals surface area contributed by atoms with E-state index in [0.717, 1.165) is 5.56 Å². The summed E-state index contributed by atoms with van der Waals surface area (Å²) in [5.41, 5.74) is 1.78. The van der Waals surface area contributed by atoms with E-state index in [9.17, 15) is 8.42 Å². The number of nitrogens with one attached hydrogen (secondary N) is 3. The van der Waals surface area contributed by atoms with Crippen LogP contribution in [-0.2, 0) is 16.6 Å². The number of methoxy groups -OCH3 is 2. The third-order valence-electron chi connectivity index (χ3n) is 4.36. The molecule has 0 aromatic heterocycles. The monoisotopic (exact) mass is 457 g/mol. The lowest BCUT2D eigenvalue weighted by molar-refractivity contribution is 0.413. The Labute approximate surface area is 187 Å². The van der Waals surface area contributed by atoms with Gasteiger partial charge in [0.2, 0.25) is 0 Å². The minimum atomic E-state index is -3.93. The maximum atomic E-state index is 13.1. The van der Waals surface area contributed by atoms with Crippen molar-refractivity contribution in [1.29, 1.82) is 0 Å². The molecule has 0 spiro atoms. The summed E-state index contributed by atoms with van der Waals surface area (Å²) in [4.78, 5) is 0.00605. The van der Waals surface area contributed by atoms with Crippen LogP contribution in [0.3, 0.4) is 0 Å². The Kier molecular flexibility index (Phi) is 7.32. The molecule has 3 aromatic carbocycles. The molecule has 0 bridgehead atoms. The van der Waals surface area contributed by atoms with Crippen molar-refractivity contribution in [1.82, 2.24) is 5.32 Å². The third-order valence-corrected chi connectivity index (χ3v) is 6.03. The number of rotatable bonds is 8. The van der Waals surface area contributed by atoms with Gasteiger partial charge in [-0.15, -0.1) is 0 Å². The van der Waals surface area contributed by atoms with Crippen LogP contribution in [-0.4, -0.2) is 27.7 Å². The molecule has 31 heavy (non-hydrogen) atoms. The maximum absolute atomic E-state index is 13.1. The molecule has 0 saturated heterocycles. The van der Waals surface area contributed by atoms with Crippen molar-refractivity contribution < 1.29 is 17.9 Å². The van der Waals surface area contributed by atoms with E-state index in [1.54, 1.807) is 43.5 Å². The lowest BCUT2D eigenvalue weighted by Crippen LogP contribution is -2.29. The topological polar surface area (TPSA) is 88.7 Å². The molecule has 0 aliphatic heterocycles. The number of hydrogen-bond donors (Lipinski definition) is 3. The molecule has 0 aliphatic rings. The molecule has 0 fully saturated rings. The molecular weight excluding hydrogens is 434 g/mol. The van der Waals surface area contributed by atoms with Crippen LogP contribution in [0.5, 0.6) is 11.5 Å². The van der Waals surface area contributed by atoms with Gasteiger partial charge >= 0.3 is 0 Å². The van der Waals surface area contributed by atoms with Crippen LogP contribution in [0, 0.1) is 0 Å². The van der Waals surface area contributed by atoms with E-state index in [1.165, 1.54) is 13.2 Å². The lowest BCUT2D eigenvalue weighted by Gasteiger charge is -2.16. The Morgan fingerprint density at radius 3 is 2.19 bits per heavy atom. The lowest BCUT2D eigenvalue weighted by atomic mass is 10.2. The van der Waals surface area contributed by atoms with Crippen LogP contribution in [0.4, 0.5) is 11.4 Å². The van der Waals surface area contributed by atoms with E-state index >= 15 is 0 Å². The molecule has 3 N–H and O–H groups in total. The summed E-state index contributed by atoms with van der Waals surface area (Å²) in [7, 11) is -0.912. The molecule has 7 nitrogen and oxygen atoms in total. The Balaban J connectivity index is 1.80. The molecule has 9 heteroatoms. The summed E-state index contributed by atoms with van der Waals surface area (Å²) < 4.78 is 39.1. The van der Waals surface area contributed by atoms with Gasteiger partial charge in [0.1, 0.15) is 16.4 Å². The van der Waals surface area contributed by atoms with Crippen molar-refractivity contribution in [2.24, 2.45) is 0 Å². The molecule has 0 atom stereocenters. The van der Waals surface area contributed by atoms with Gasteiger partial charge < -0.3 is 20.1 Å². The minimum absolute atomic E-state index is 0.00605. The molecule has 0 radical (unpaired) electrons. The zero-order valence-electron chi connectivity index (χ0n) is 17.1. The van der Waals surface area contributed by atoms with Crippen LogP contribution in [0.15, 0.2) is 77.7 Å². The standard InChI is InChI=1S/C22H23N3O4S2/c1-28-18-10-8-17(9-11-18)25-31(26,27)21-14-19(29-2)12-13-20(21)24-22(30)23-15-16-6-4-3-5-7-16/h3-14,25H,15H2,1-2H3,(H2,23,24,30). The highest BCUT2D eigenvalue weighted by molar-refractivity contribution is 7.93. The molecule has 0 saturated carbocycles. The van der Waals surface area contributed by atoms with Gasteiger partial charge in [-0.05, 0) is 54.2 Å².